The number of benzene rings is 2. The predicted molar refractivity (Wildman–Crippen MR) is 123 cm³/mol. The summed E-state index contributed by atoms with van der Waals surface area (Å²) in [7, 11) is -3.97. The van der Waals surface area contributed by atoms with Crippen molar-refractivity contribution in [3.8, 4) is 0 Å². The van der Waals surface area contributed by atoms with Gasteiger partial charge in [0.1, 0.15) is 24.2 Å². The monoisotopic (exact) mass is 481 g/mol. The SMILES string of the molecule is C[C@@H](C(=O)NC(C)(C)C)N(Cc1ccccc1F)C(=O)CN(c1cccc(F)c1)S(C)(=O)=O. The molecule has 10 heteroatoms. The summed E-state index contributed by atoms with van der Waals surface area (Å²) in [6.07, 6.45) is 0.891. The van der Waals surface area contributed by atoms with Crippen molar-refractivity contribution in [2.45, 2.75) is 45.8 Å². The molecule has 0 unspecified atom stereocenters. The molecule has 33 heavy (non-hydrogen) atoms. The van der Waals surface area contributed by atoms with Crippen LogP contribution in [0.15, 0.2) is 48.5 Å². The molecular formula is C23H29F2N3O4S. The summed E-state index contributed by atoms with van der Waals surface area (Å²) in [4.78, 5) is 27.2. The standard InChI is InChI=1S/C23H29F2N3O4S/c1-16(22(30)26-23(2,3)4)27(14-17-9-6-7-12-20(17)25)21(29)15-28(33(5,31)32)19-11-8-10-18(24)13-19/h6-13,16H,14-15H2,1-5H3,(H,26,30)/t16-/m0/s1. The second-order valence-corrected chi connectivity index (χ2v) is 10.7. The predicted octanol–water partition coefficient (Wildman–Crippen LogP) is 3.06. The molecule has 2 aromatic carbocycles. The molecule has 0 saturated heterocycles. The van der Waals surface area contributed by atoms with Gasteiger partial charge in [-0.2, -0.15) is 0 Å². The first-order valence-electron chi connectivity index (χ1n) is 10.3. The lowest BCUT2D eigenvalue weighted by Gasteiger charge is -2.33. The lowest BCUT2D eigenvalue weighted by molar-refractivity contribution is -0.140. The number of amides is 2. The van der Waals surface area contributed by atoms with Crippen LogP contribution in [-0.4, -0.2) is 49.5 Å². The Labute approximate surface area is 193 Å². The number of sulfonamides is 1. The largest absolute Gasteiger partial charge is 0.350 e. The molecule has 1 atom stereocenters. The van der Waals surface area contributed by atoms with Crippen LogP contribution < -0.4 is 9.62 Å². The Morgan fingerprint density at radius 2 is 1.70 bits per heavy atom. The second kappa shape index (κ2) is 10.3. The molecule has 0 radical (unpaired) electrons. The van der Waals surface area contributed by atoms with Crippen LogP contribution in [0.1, 0.15) is 33.3 Å². The minimum absolute atomic E-state index is 0.0384. The molecule has 2 rings (SSSR count). The van der Waals surface area contributed by atoms with Gasteiger partial charge in [-0.1, -0.05) is 24.3 Å². The first kappa shape index (κ1) is 26.2. The number of carbonyl (C=O) groups is 2. The number of nitrogens with one attached hydrogen (secondary N) is 1. The Kier molecular flexibility index (Phi) is 8.18. The van der Waals surface area contributed by atoms with Crippen molar-refractivity contribution >= 4 is 27.5 Å². The van der Waals surface area contributed by atoms with Crippen molar-refractivity contribution in [1.82, 2.24) is 10.2 Å². The van der Waals surface area contributed by atoms with Gasteiger partial charge in [0.15, 0.2) is 0 Å². The number of nitrogens with zero attached hydrogens (tertiary/aromatic N) is 2. The van der Waals surface area contributed by atoms with Crippen LogP contribution in [0.2, 0.25) is 0 Å². The van der Waals surface area contributed by atoms with Crippen LogP contribution in [0, 0.1) is 11.6 Å². The van der Waals surface area contributed by atoms with Crippen LogP contribution in [-0.2, 0) is 26.2 Å². The van der Waals surface area contributed by atoms with Crippen molar-refractivity contribution in [1.29, 1.82) is 0 Å². The molecule has 7 nitrogen and oxygen atoms in total. The highest BCUT2D eigenvalue weighted by Gasteiger charge is 2.31. The van der Waals surface area contributed by atoms with Gasteiger partial charge < -0.3 is 10.2 Å². The summed E-state index contributed by atoms with van der Waals surface area (Å²) in [5, 5.41) is 2.77. The summed E-state index contributed by atoms with van der Waals surface area (Å²) in [6.45, 7) is 5.85. The number of rotatable bonds is 8. The van der Waals surface area contributed by atoms with E-state index in [0.29, 0.717) is 0 Å². The average Bonchev–Trinajstić information content (AvgIpc) is 2.68. The summed E-state index contributed by atoms with van der Waals surface area (Å²) < 4.78 is 53.6. The van der Waals surface area contributed by atoms with Crippen molar-refractivity contribution in [2.24, 2.45) is 0 Å². The first-order valence-corrected chi connectivity index (χ1v) is 12.1. The molecular weight excluding hydrogens is 452 g/mol. The third-order valence-electron chi connectivity index (χ3n) is 4.74. The van der Waals surface area contributed by atoms with Crippen LogP contribution in [0.3, 0.4) is 0 Å². The molecule has 0 aliphatic carbocycles. The van der Waals surface area contributed by atoms with Gasteiger partial charge in [-0.15, -0.1) is 0 Å². The van der Waals surface area contributed by atoms with Crippen LogP contribution >= 0.6 is 0 Å². The maximum atomic E-state index is 14.3. The molecule has 0 aliphatic rings. The first-order chi connectivity index (χ1) is 15.2. The van der Waals surface area contributed by atoms with Crippen LogP contribution in [0.5, 0.6) is 0 Å². The van der Waals surface area contributed by atoms with Gasteiger partial charge in [-0.3, -0.25) is 13.9 Å². The number of hydrogen-bond acceptors (Lipinski definition) is 4. The molecule has 1 N–H and O–H groups in total. The highest BCUT2D eigenvalue weighted by Crippen LogP contribution is 2.20. The zero-order valence-electron chi connectivity index (χ0n) is 19.3. The van der Waals surface area contributed by atoms with E-state index in [1.165, 1.54) is 37.3 Å². The normalized spacial score (nSPS) is 12.7. The minimum Gasteiger partial charge on any atom is -0.350 e. The highest BCUT2D eigenvalue weighted by atomic mass is 32.2. The Hall–Kier alpha value is -3.01. The second-order valence-electron chi connectivity index (χ2n) is 8.78. The molecule has 0 aromatic heterocycles. The number of halogens is 2. The quantitative estimate of drug-likeness (QED) is 0.628. The zero-order chi connectivity index (χ0) is 25.0. The van der Waals surface area contributed by atoms with E-state index in [1.54, 1.807) is 26.8 Å². The van der Waals surface area contributed by atoms with E-state index in [4.69, 9.17) is 0 Å². The fourth-order valence-electron chi connectivity index (χ4n) is 3.11. The smallest absolute Gasteiger partial charge is 0.244 e. The van der Waals surface area contributed by atoms with Gasteiger partial charge in [-0.25, -0.2) is 17.2 Å². The van der Waals surface area contributed by atoms with E-state index in [-0.39, 0.29) is 17.8 Å². The van der Waals surface area contributed by atoms with Gasteiger partial charge >= 0.3 is 0 Å². The third kappa shape index (κ3) is 7.52. The summed E-state index contributed by atoms with van der Waals surface area (Å²) in [5.74, 6) is -2.47. The molecule has 0 bridgehead atoms. The number of anilines is 1. The Bertz CT molecular complexity index is 1120. The highest BCUT2D eigenvalue weighted by molar-refractivity contribution is 7.92. The third-order valence-corrected chi connectivity index (χ3v) is 5.88. The molecule has 2 aromatic rings. The average molecular weight is 482 g/mol. The number of hydrogen-bond donors (Lipinski definition) is 1. The molecule has 0 saturated carbocycles. The Morgan fingerprint density at radius 1 is 1.06 bits per heavy atom. The van der Waals surface area contributed by atoms with Crippen molar-refractivity contribution < 1.29 is 26.8 Å². The van der Waals surface area contributed by atoms with E-state index >= 15 is 0 Å². The van der Waals surface area contributed by atoms with Gasteiger partial charge in [0.25, 0.3) is 0 Å². The zero-order valence-corrected chi connectivity index (χ0v) is 20.1. The van der Waals surface area contributed by atoms with Crippen molar-refractivity contribution in [2.75, 3.05) is 17.1 Å². The molecule has 0 aliphatic heterocycles. The van der Waals surface area contributed by atoms with E-state index in [0.717, 1.165) is 27.6 Å². The van der Waals surface area contributed by atoms with E-state index < -0.39 is 51.6 Å². The fourth-order valence-corrected chi connectivity index (χ4v) is 3.95. The summed E-state index contributed by atoms with van der Waals surface area (Å²) in [6, 6.07) is 9.58. The van der Waals surface area contributed by atoms with Gasteiger partial charge in [0.2, 0.25) is 21.8 Å². The molecule has 0 spiro atoms. The van der Waals surface area contributed by atoms with Crippen LogP contribution in [0.4, 0.5) is 14.5 Å². The Morgan fingerprint density at radius 3 is 2.24 bits per heavy atom. The Balaban J connectivity index is 2.42. The lowest BCUT2D eigenvalue weighted by atomic mass is 10.1. The summed E-state index contributed by atoms with van der Waals surface area (Å²) >= 11 is 0. The molecule has 2 amide bonds. The fraction of sp³-hybridized carbons (Fsp3) is 0.391. The number of carbonyl (C=O) groups excluding carboxylic acids is 2. The van der Waals surface area contributed by atoms with Gasteiger partial charge in [-0.05, 0) is 52.0 Å². The van der Waals surface area contributed by atoms with Crippen LogP contribution in [0.25, 0.3) is 0 Å². The van der Waals surface area contributed by atoms with Gasteiger partial charge in [0.05, 0.1) is 11.9 Å². The topological polar surface area (TPSA) is 86.8 Å². The molecule has 180 valence electrons. The van der Waals surface area contributed by atoms with Crippen molar-refractivity contribution in [3.05, 3.63) is 65.7 Å². The maximum Gasteiger partial charge on any atom is 0.244 e. The van der Waals surface area contributed by atoms with Gasteiger partial charge in [0, 0.05) is 17.6 Å². The van der Waals surface area contributed by atoms with E-state index in [9.17, 15) is 26.8 Å². The maximum absolute atomic E-state index is 14.3. The molecule has 0 fully saturated rings. The lowest BCUT2D eigenvalue weighted by Crippen LogP contribution is -2.54. The minimum atomic E-state index is -3.97. The van der Waals surface area contributed by atoms with Crippen molar-refractivity contribution in [3.63, 3.8) is 0 Å². The van der Waals surface area contributed by atoms with E-state index in [2.05, 4.69) is 5.32 Å². The van der Waals surface area contributed by atoms with E-state index in [1.807, 2.05) is 0 Å². The molecule has 0 heterocycles. The summed E-state index contributed by atoms with van der Waals surface area (Å²) in [5.41, 5.74) is -0.459.